The summed E-state index contributed by atoms with van der Waals surface area (Å²) in [6.07, 6.45) is 2.10. The van der Waals surface area contributed by atoms with Crippen molar-refractivity contribution >= 4 is 48.9 Å². The number of ether oxygens (including phenoxy) is 1. The third kappa shape index (κ3) is 6.47. The number of methoxy groups -OCH3 is 1. The van der Waals surface area contributed by atoms with Crippen molar-refractivity contribution in [3.63, 3.8) is 0 Å². The van der Waals surface area contributed by atoms with Crippen LogP contribution in [0.3, 0.4) is 0 Å². The maximum Gasteiger partial charge on any atom is 0.275 e. The van der Waals surface area contributed by atoms with Crippen LogP contribution in [0.4, 0.5) is 5.69 Å². The molecule has 224 valence electrons. The summed E-state index contributed by atoms with van der Waals surface area (Å²) in [7, 11) is -0.407. The van der Waals surface area contributed by atoms with Crippen LogP contribution in [0.2, 0.25) is 5.02 Å². The van der Waals surface area contributed by atoms with Gasteiger partial charge in [-0.1, -0.05) is 48.4 Å². The molecule has 3 aromatic carbocycles. The molecule has 0 fully saturated rings. The quantitative estimate of drug-likeness (QED) is 0.162. The van der Waals surface area contributed by atoms with Crippen molar-refractivity contribution < 1.29 is 13.2 Å². The molecule has 0 radical (unpaired) electrons. The molecule has 2 aromatic heterocycles. The van der Waals surface area contributed by atoms with E-state index >= 15 is 0 Å². The summed E-state index contributed by atoms with van der Waals surface area (Å²) in [6, 6.07) is 21.2. The zero-order valence-corrected chi connectivity index (χ0v) is 26.8. The number of thiophene rings is 1. The Bertz CT molecular complexity index is 1900. The largest absolute Gasteiger partial charge is 0.494 e. The number of hydrogen-bond donors (Lipinski definition) is 0. The number of sulfonamides is 1. The second-order valence-electron chi connectivity index (χ2n) is 10.2. The van der Waals surface area contributed by atoms with E-state index in [1.54, 1.807) is 42.5 Å². The minimum Gasteiger partial charge on any atom is -0.494 e. The number of hydrogen-bond acceptors (Lipinski definition) is 7. The third-order valence-corrected chi connectivity index (χ3v) is 10.6. The SMILES string of the molecule is CCN(C)CCCN(c1ccc(-n2cnc3cc(-c4ccc(Cl)cc4)sc3c2=O)cc1OC)S(=O)(=O)c1ccc(C)cc1. The van der Waals surface area contributed by atoms with E-state index in [9.17, 15) is 13.2 Å². The highest BCUT2D eigenvalue weighted by Crippen LogP contribution is 2.35. The minimum atomic E-state index is -3.90. The van der Waals surface area contributed by atoms with Crippen LogP contribution in [0.25, 0.3) is 26.3 Å². The Morgan fingerprint density at radius 3 is 2.40 bits per heavy atom. The van der Waals surface area contributed by atoms with Crippen molar-refractivity contribution in [3.05, 3.63) is 100 Å². The first-order valence-electron chi connectivity index (χ1n) is 13.9. The second-order valence-corrected chi connectivity index (χ2v) is 13.6. The van der Waals surface area contributed by atoms with Gasteiger partial charge in [0, 0.05) is 22.5 Å². The number of nitrogens with zero attached hydrogens (tertiary/aromatic N) is 4. The zero-order valence-electron chi connectivity index (χ0n) is 24.5. The van der Waals surface area contributed by atoms with E-state index in [2.05, 4.69) is 16.8 Å². The number of rotatable bonds is 11. The molecule has 0 unspecified atom stereocenters. The zero-order chi connectivity index (χ0) is 30.7. The first-order valence-corrected chi connectivity index (χ1v) is 16.5. The molecule has 0 aliphatic rings. The van der Waals surface area contributed by atoms with Crippen LogP contribution >= 0.6 is 22.9 Å². The molecule has 0 saturated carbocycles. The Morgan fingerprint density at radius 1 is 1.00 bits per heavy atom. The highest BCUT2D eigenvalue weighted by molar-refractivity contribution is 7.92. The van der Waals surface area contributed by atoms with Crippen molar-refractivity contribution in [2.75, 3.05) is 38.1 Å². The van der Waals surface area contributed by atoms with E-state index in [0.717, 1.165) is 29.1 Å². The van der Waals surface area contributed by atoms with Gasteiger partial charge in [0.1, 0.15) is 16.8 Å². The Labute approximate surface area is 260 Å². The molecular weight excluding hydrogens is 604 g/mol. The first kappa shape index (κ1) is 30.7. The molecule has 0 amide bonds. The van der Waals surface area contributed by atoms with E-state index in [1.165, 1.54) is 33.6 Å². The number of halogens is 1. The lowest BCUT2D eigenvalue weighted by Crippen LogP contribution is -2.34. The van der Waals surface area contributed by atoms with E-state index in [0.29, 0.717) is 38.8 Å². The lowest BCUT2D eigenvalue weighted by Gasteiger charge is -2.27. The van der Waals surface area contributed by atoms with Crippen LogP contribution in [0, 0.1) is 6.92 Å². The van der Waals surface area contributed by atoms with Crippen LogP contribution in [-0.4, -0.2) is 56.7 Å². The molecule has 0 N–H and O–H groups in total. The number of anilines is 1. The molecule has 0 aliphatic heterocycles. The van der Waals surface area contributed by atoms with E-state index < -0.39 is 10.0 Å². The highest BCUT2D eigenvalue weighted by Gasteiger charge is 2.28. The van der Waals surface area contributed by atoms with Crippen molar-refractivity contribution in [2.24, 2.45) is 0 Å². The minimum absolute atomic E-state index is 0.202. The van der Waals surface area contributed by atoms with Crippen LogP contribution in [-0.2, 0) is 10.0 Å². The molecular formula is C32H33ClN4O4S2. The molecule has 0 aliphatic carbocycles. The predicted molar refractivity (Wildman–Crippen MR) is 176 cm³/mol. The topological polar surface area (TPSA) is 84.7 Å². The fourth-order valence-corrected chi connectivity index (χ4v) is 7.41. The van der Waals surface area contributed by atoms with Gasteiger partial charge in [-0.05, 0) is 81.5 Å². The third-order valence-electron chi connectivity index (χ3n) is 7.33. The summed E-state index contributed by atoms with van der Waals surface area (Å²) in [6.45, 7) is 5.83. The predicted octanol–water partition coefficient (Wildman–Crippen LogP) is 6.62. The lowest BCUT2D eigenvalue weighted by molar-refractivity contribution is 0.349. The normalized spacial score (nSPS) is 11.8. The average molecular weight is 637 g/mol. The van der Waals surface area contributed by atoms with Gasteiger partial charge >= 0.3 is 0 Å². The Kier molecular flexibility index (Phi) is 9.22. The summed E-state index contributed by atoms with van der Waals surface area (Å²) in [5.41, 5.74) is 3.21. The second kappa shape index (κ2) is 12.9. The number of aromatic nitrogens is 2. The van der Waals surface area contributed by atoms with Crippen LogP contribution in [0.5, 0.6) is 5.75 Å². The maximum absolute atomic E-state index is 13.9. The number of aryl methyl sites for hydroxylation is 1. The summed E-state index contributed by atoms with van der Waals surface area (Å²) in [4.78, 5) is 21.4. The fourth-order valence-electron chi connectivity index (χ4n) is 4.72. The van der Waals surface area contributed by atoms with Gasteiger partial charge in [0.2, 0.25) is 0 Å². The summed E-state index contributed by atoms with van der Waals surface area (Å²) >= 11 is 7.40. The Balaban J connectivity index is 1.54. The van der Waals surface area contributed by atoms with Crippen molar-refractivity contribution in [3.8, 4) is 21.9 Å². The van der Waals surface area contributed by atoms with Gasteiger partial charge in [-0.15, -0.1) is 11.3 Å². The van der Waals surface area contributed by atoms with Crippen LogP contribution < -0.4 is 14.6 Å². The molecule has 8 nitrogen and oxygen atoms in total. The molecule has 0 bridgehead atoms. The number of benzene rings is 3. The van der Waals surface area contributed by atoms with Crippen molar-refractivity contribution in [1.29, 1.82) is 0 Å². The van der Waals surface area contributed by atoms with Crippen molar-refractivity contribution in [1.82, 2.24) is 14.5 Å². The van der Waals surface area contributed by atoms with Gasteiger partial charge in [-0.2, -0.15) is 0 Å². The van der Waals surface area contributed by atoms with E-state index in [1.807, 2.05) is 44.3 Å². The van der Waals surface area contributed by atoms with Gasteiger partial charge in [0.05, 0.1) is 28.9 Å². The van der Waals surface area contributed by atoms with E-state index in [4.69, 9.17) is 16.3 Å². The lowest BCUT2D eigenvalue weighted by atomic mass is 10.2. The van der Waals surface area contributed by atoms with Crippen molar-refractivity contribution in [2.45, 2.75) is 25.2 Å². The van der Waals surface area contributed by atoms with Gasteiger partial charge in [0.15, 0.2) is 0 Å². The Hall–Kier alpha value is -3.70. The Morgan fingerprint density at radius 2 is 1.72 bits per heavy atom. The van der Waals surface area contributed by atoms with Gasteiger partial charge < -0.3 is 9.64 Å². The van der Waals surface area contributed by atoms with Crippen LogP contribution in [0.15, 0.2) is 88.8 Å². The first-order chi connectivity index (χ1) is 20.6. The fraction of sp³-hybridized carbons (Fsp3) is 0.250. The standard InChI is InChI=1S/C32H33ClN4O4S2/c1-5-35(3)17-6-18-37(43(39,40)26-14-7-22(2)8-15-26)28-16-13-25(19-29(28)41-4)36-21-34-27-20-30(42-31(27)32(36)38)23-9-11-24(33)12-10-23/h7-16,19-21H,5-6,17-18H2,1-4H3. The highest BCUT2D eigenvalue weighted by atomic mass is 35.5. The number of fused-ring (bicyclic) bond motifs is 1. The van der Waals surface area contributed by atoms with Crippen LogP contribution in [0.1, 0.15) is 18.9 Å². The van der Waals surface area contributed by atoms with Gasteiger partial charge in [-0.3, -0.25) is 13.7 Å². The maximum atomic E-state index is 13.9. The summed E-state index contributed by atoms with van der Waals surface area (Å²) < 4.78 is 37.0. The molecule has 2 heterocycles. The molecule has 11 heteroatoms. The van der Waals surface area contributed by atoms with Gasteiger partial charge in [-0.25, -0.2) is 13.4 Å². The molecule has 5 rings (SSSR count). The molecule has 0 spiro atoms. The molecule has 5 aromatic rings. The van der Waals surface area contributed by atoms with E-state index in [-0.39, 0.29) is 17.0 Å². The molecule has 0 saturated heterocycles. The summed E-state index contributed by atoms with van der Waals surface area (Å²) in [5, 5.41) is 0.640. The molecule has 43 heavy (non-hydrogen) atoms. The smallest absolute Gasteiger partial charge is 0.275 e. The summed E-state index contributed by atoms with van der Waals surface area (Å²) in [5.74, 6) is 0.331. The van der Waals surface area contributed by atoms with Gasteiger partial charge in [0.25, 0.3) is 15.6 Å². The average Bonchev–Trinajstić information content (AvgIpc) is 3.45. The monoisotopic (exact) mass is 636 g/mol. The molecule has 0 atom stereocenters.